The van der Waals surface area contributed by atoms with Gasteiger partial charge in [-0.3, -0.25) is 4.79 Å². The molecule has 6 heteroatoms. The summed E-state index contributed by atoms with van der Waals surface area (Å²) in [6, 6.07) is 0. The summed E-state index contributed by atoms with van der Waals surface area (Å²) in [5, 5.41) is 7.84. The molecule has 0 aliphatic heterocycles. The Kier molecular flexibility index (Phi) is 14.2. The number of hydrogen-bond donors (Lipinski definition) is 1. The van der Waals surface area contributed by atoms with E-state index in [9.17, 15) is 14.4 Å². The van der Waals surface area contributed by atoms with Crippen molar-refractivity contribution in [2.45, 2.75) is 6.42 Å². The van der Waals surface area contributed by atoms with Crippen LogP contribution in [-0.4, -0.2) is 36.2 Å². The van der Waals surface area contributed by atoms with Gasteiger partial charge < -0.3 is 14.6 Å². The topological polar surface area (TPSA) is 89.9 Å². The van der Waals surface area contributed by atoms with Crippen molar-refractivity contribution in [1.29, 1.82) is 0 Å². The predicted molar refractivity (Wildman–Crippen MR) is 73.9 cm³/mol. The lowest BCUT2D eigenvalue weighted by Crippen LogP contribution is -2.04. The first kappa shape index (κ1) is 19.7. The Hall–Kier alpha value is -2.63. The van der Waals surface area contributed by atoms with Crippen LogP contribution >= 0.6 is 0 Å². The molecule has 0 bridgehead atoms. The third-order valence-electron chi connectivity index (χ3n) is 1.36. The minimum atomic E-state index is -0.829. The lowest BCUT2D eigenvalue weighted by molar-refractivity contribution is -0.139. The average molecular weight is 282 g/mol. The van der Waals surface area contributed by atoms with E-state index in [1.165, 1.54) is 18.2 Å². The van der Waals surface area contributed by atoms with Crippen molar-refractivity contribution in [3.63, 3.8) is 0 Å². The fraction of sp³-hybridized carbons (Fsp3) is 0.214. The Balaban J connectivity index is 0. The van der Waals surface area contributed by atoms with Crippen LogP contribution in [0.5, 0.6) is 0 Å². The molecule has 0 aromatic carbocycles. The Morgan fingerprint density at radius 3 is 1.45 bits per heavy atom. The highest BCUT2D eigenvalue weighted by atomic mass is 16.5. The van der Waals surface area contributed by atoms with Crippen molar-refractivity contribution < 1.29 is 29.0 Å². The Labute approximate surface area is 117 Å². The second-order valence-electron chi connectivity index (χ2n) is 3.06. The highest BCUT2D eigenvalue weighted by Gasteiger charge is 1.98. The largest absolute Gasteiger partial charge is 0.481 e. The molecule has 0 aromatic rings. The zero-order valence-corrected chi connectivity index (χ0v) is 11.1. The number of esters is 2. The Bertz CT molecular complexity index is 355. The monoisotopic (exact) mass is 282 g/mol. The van der Waals surface area contributed by atoms with Crippen molar-refractivity contribution in [1.82, 2.24) is 0 Å². The fourth-order valence-electron chi connectivity index (χ4n) is 0.638. The molecule has 0 saturated carbocycles. The number of aliphatic carboxylic acids is 1. The normalized spacial score (nSPS) is 8.80. The van der Waals surface area contributed by atoms with E-state index in [0.717, 1.165) is 12.2 Å². The quantitative estimate of drug-likeness (QED) is 0.413. The zero-order chi connectivity index (χ0) is 15.8. The number of hydrogen-bond acceptors (Lipinski definition) is 5. The fourth-order valence-corrected chi connectivity index (χ4v) is 0.638. The number of carbonyl (C=O) groups is 3. The van der Waals surface area contributed by atoms with Crippen LogP contribution in [0.25, 0.3) is 0 Å². The molecule has 0 aliphatic rings. The average Bonchev–Trinajstić information content (AvgIpc) is 2.41. The number of carboxylic acids is 1. The van der Waals surface area contributed by atoms with Gasteiger partial charge in [-0.2, -0.15) is 0 Å². The van der Waals surface area contributed by atoms with Gasteiger partial charge in [0.1, 0.15) is 13.2 Å². The molecule has 20 heavy (non-hydrogen) atoms. The molecule has 0 aromatic heterocycles. The molecule has 0 amide bonds. The maximum Gasteiger partial charge on any atom is 0.331 e. The van der Waals surface area contributed by atoms with Gasteiger partial charge in [-0.05, 0) is 0 Å². The summed E-state index contributed by atoms with van der Waals surface area (Å²) >= 11 is 0. The zero-order valence-electron chi connectivity index (χ0n) is 11.1. The van der Waals surface area contributed by atoms with E-state index >= 15 is 0 Å². The molecular weight excluding hydrogens is 264 g/mol. The van der Waals surface area contributed by atoms with E-state index < -0.39 is 17.9 Å². The minimum absolute atomic E-state index is 0.0556. The van der Waals surface area contributed by atoms with Gasteiger partial charge in [-0.25, -0.2) is 9.59 Å². The van der Waals surface area contributed by atoms with Crippen molar-refractivity contribution in [2.75, 3.05) is 13.2 Å². The molecule has 0 rings (SSSR count). The first-order chi connectivity index (χ1) is 9.47. The maximum absolute atomic E-state index is 10.8. The molecule has 0 fully saturated rings. The lowest BCUT2D eigenvalue weighted by atomic mass is 10.4. The number of ether oxygens (including phenoxy) is 2. The first-order valence-corrected chi connectivity index (χ1v) is 5.54. The summed E-state index contributed by atoms with van der Waals surface area (Å²) in [6.45, 7) is 10.2. The van der Waals surface area contributed by atoms with Crippen LogP contribution in [0.4, 0.5) is 0 Å². The third-order valence-corrected chi connectivity index (χ3v) is 1.36. The van der Waals surface area contributed by atoms with E-state index in [4.69, 9.17) is 5.11 Å². The molecule has 0 aliphatic carbocycles. The van der Waals surface area contributed by atoms with Crippen LogP contribution in [0.15, 0.2) is 50.1 Å². The minimum Gasteiger partial charge on any atom is -0.481 e. The van der Waals surface area contributed by atoms with Crippen LogP contribution in [0, 0.1) is 0 Å². The Morgan fingerprint density at radius 2 is 1.25 bits per heavy atom. The standard InChI is InChI=1S/C10H12O4.C4H6O2/c1-3-7-13-9(11)5-6-10(12)14-8-4-2;1-2-3-4(5)6/h3-6H,1-2,7-8H2;2H,1,3H2,(H,5,6)/b6-5-;. The summed E-state index contributed by atoms with van der Waals surface area (Å²) in [5.74, 6) is -2.05. The van der Waals surface area contributed by atoms with Crippen LogP contribution < -0.4 is 0 Å². The molecule has 0 saturated heterocycles. The third kappa shape index (κ3) is 17.8. The molecule has 0 atom stereocenters. The molecular formula is C14H18O6. The van der Waals surface area contributed by atoms with Gasteiger partial charge in [0, 0.05) is 12.2 Å². The molecule has 0 spiro atoms. The summed E-state index contributed by atoms with van der Waals surface area (Å²) in [4.78, 5) is 31.1. The van der Waals surface area contributed by atoms with Crippen LogP contribution in [-0.2, 0) is 23.9 Å². The van der Waals surface area contributed by atoms with Gasteiger partial charge in [-0.1, -0.05) is 31.4 Å². The number of rotatable bonds is 8. The predicted octanol–water partition coefficient (Wildman–Crippen LogP) is 1.65. The highest BCUT2D eigenvalue weighted by molar-refractivity contribution is 5.91. The number of carbonyl (C=O) groups excluding carboxylic acids is 2. The van der Waals surface area contributed by atoms with Crippen LogP contribution in [0.3, 0.4) is 0 Å². The maximum atomic E-state index is 10.8. The second kappa shape index (κ2) is 14.4. The van der Waals surface area contributed by atoms with Crippen molar-refractivity contribution in [3.05, 3.63) is 50.1 Å². The second-order valence-corrected chi connectivity index (χ2v) is 3.06. The van der Waals surface area contributed by atoms with Crippen molar-refractivity contribution >= 4 is 17.9 Å². The summed E-state index contributed by atoms with van der Waals surface area (Å²) in [6.07, 6.45) is 6.26. The van der Waals surface area contributed by atoms with Gasteiger partial charge in [0.25, 0.3) is 0 Å². The van der Waals surface area contributed by atoms with E-state index in [2.05, 4.69) is 29.2 Å². The molecule has 6 nitrogen and oxygen atoms in total. The van der Waals surface area contributed by atoms with Crippen molar-refractivity contribution in [3.8, 4) is 0 Å². The first-order valence-electron chi connectivity index (χ1n) is 5.54. The molecule has 1 N–H and O–H groups in total. The van der Waals surface area contributed by atoms with Gasteiger partial charge in [-0.15, -0.1) is 6.58 Å². The van der Waals surface area contributed by atoms with Crippen molar-refractivity contribution in [2.24, 2.45) is 0 Å². The Morgan fingerprint density at radius 1 is 0.850 bits per heavy atom. The van der Waals surface area contributed by atoms with Crippen LogP contribution in [0.1, 0.15) is 6.42 Å². The summed E-state index contributed by atoms with van der Waals surface area (Å²) < 4.78 is 9.15. The summed E-state index contributed by atoms with van der Waals surface area (Å²) in [5.41, 5.74) is 0. The van der Waals surface area contributed by atoms with E-state index in [1.54, 1.807) is 0 Å². The van der Waals surface area contributed by atoms with Gasteiger partial charge in [0.2, 0.25) is 0 Å². The van der Waals surface area contributed by atoms with E-state index in [-0.39, 0.29) is 19.6 Å². The highest BCUT2D eigenvalue weighted by Crippen LogP contribution is 1.86. The van der Waals surface area contributed by atoms with Gasteiger partial charge in [0.15, 0.2) is 0 Å². The lowest BCUT2D eigenvalue weighted by Gasteiger charge is -1.96. The molecule has 0 radical (unpaired) electrons. The van der Waals surface area contributed by atoms with Crippen LogP contribution in [0.2, 0.25) is 0 Å². The molecule has 0 heterocycles. The van der Waals surface area contributed by atoms with Gasteiger partial charge >= 0.3 is 17.9 Å². The molecule has 110 valence electrons. The van der Waals surface area contributed by atoms with E-state index in [0.29, 0.717) is 0 Å². The van der Waals surface area contributed by atoms with Gasteiger partial charge in [0.05, 0.1) is 6.42 Å². The molecule has 0 unspecified atom stereocenters. The SMILES string of the molecule is C=CCC(=O)O.C=CCOC(=O)/C=C\C(=O)OCC=C. The van der Waals surface area contributed by atoms with E-state index in [1.807, 2.05) is 0 Å². The smallest absolute Gasteiger partial charge is 0.331 e. The summed E-state index contributed by atoms with van der Waals surface area (Å²) in [7, 11) is 0. The number of carboxylic acid groups (broad SMARTS) is 1.